The van der Waals surface area contributed by atoms with E-state index in [-0.39, 0.29) is 17.6 Å². The van der Waals surface area contributed by atoms with Crippen molar-refractivity contribution in [1.29, 1.82) is 0 Å². The number of alkyl halides is 3. The first-order valence-electron chi connectivity index (χ1n) is 4.38. The SMILES string of the molecule is C=C(Cc1cccc(C(F)(F)F)c1)C(=O)O. The zero-order valence-corrected chi connectivity index (χ0v) is 8.21. The normalized spacial score (nSPS) is 11.2. The Bertz CT molecular complexity index is 421. The highest BCUT2D eigenvalue weighted by atomic mass is 19.4. The molecule has 86 valence electrons. The average Bonchev–Trinajstić information content (AvgIpc) is 2.16. The number of aliphatic carboxylic acids is 1. The van der Waals surface area contributed by atoms with Gasteiger partial charge in [-0.2, -0.15) is 13.2 Å². The van der Waals surface area contributed by atoms with E-state index in [4.69, 9.17) is 5.11 Å². The number of hydrogen-bond donors (Lipinski definition) is 1. The van der Waals surface area contributed by atoms with Gasteiger partial charge in [0.25, 0.3) is 0 Å². The number of carboxylic acids is 1. The first-order chi connectivity index (χ1) is 7.30. The Morgan fingerprint density at radius 2 is 2.00 bits per heavy atom. The van der Waals surface area contributed by atoms with Crippen molar-refractivity contribution < 1.29 is 23.1 Å². The highest BCUT2D eigenvalue weighted by Gasteiger charge is 2.30. The minimum Gasteiger partial charge on any atom is -0.478 e. The molecule has 0 saturated heterocycles. The lowest BCUT2D eigenvalue weighted by atomic mass is 10.0. The van der Waals surface area contributed by atoms with Crippen LogP contribution in [0.25, 0.3) is 0 Å². The maximum atomic E-state index is 12.3. The molecule has 0 aromatic heterocycles. The molecule has 1 aromatic rings. The molecule has 0 radical (unpaired) electrons. The Morgan fingerprint density at radius 1 is 1.38 bits per heavy atom. The van der Waals surface area contributed by atoms with Crippen LogP contribution in [0, 0.1) is 0 Å². The molecule has 1 rings (SSSR count). The van der Waals surface area contributed by atoms with Crippen LogP contribution in [0.1, 0.15) is 11.1 Å². The van der Waals surface area contributed by atoms with Gasteiger partial charge in [0.1, 0.15) is 0 Å². The number of carboxylic acid groups (broad SMARTS) is 1. The predicted molar refractivity (Wildman–Crippen MR) is 51.9 cm³/mol. The zero-order valence-electron chi connectivity index (χ0n) is 8.21. The molecule has 1 aromatic carbocycles. The van der Waals surface area contributed by atoms with Crippen molar-refractivity contribution in [2.75, 3.05) is 0 Å². The van der Waals surface area contributed by atoms with Crippen LogP contribution in [0.3, 0.4) is 0 Å². The Labute approximate surface area is 90.0 Å². The van der Waals surface area contributed by atoms with Gasteiger partial charge in [-0.15, -0.1) is 0 Å². The van der Waals surface area contributed by atoms with Crippen LogP contribution in [-0.2, 0) is 17.4 Å². The highest BCUT2D eigenvalue weighted by molar-refractivity contribution is 5.86. The summed E-state index contributed by atoms with van der Waals surface area (Å²) < 4.78 is 37.0. The largest absolute Gasteiger partial charge is 0.478 e. The molecule has 5 heteroatoms. The minimum atomic E-state index is -4.42. The van der Waals surface area contributed by atoms with Crippen LogP contribution in [0.2, 0.25) is 0 Å². The first kappa shape index (κ1) is 12.3. The Balaban J connectivity index is 2.92. The quantitative estimate of drug-likeness (QED) is 0.810. The topological polar surface area (TPSA) is 37.3 Å². The van der Waals surface area contributed by atoms with Crippen LogP contribution >= 0.6 is 0 Å². The summed E-state index contributed by atoms with van der Waals surface area (Å²) in [4.78, 5) is 10.5. The number of carbonyl (C=O) groups is 1. The van der Waals surface area contributed by atoms with Crippen molar-refractivity contribution in [3.05, 3.63) is 47.5 Å². The maximum Gasteiger partial charge on any atom is 0.416 e. The van der Waals surface area contributed by atoms with Gasteiger partial charge in [-0.25, -0.2) is 4.79 Å². The van der Waals surface area contributed by atoms with E-state index < -0.39 is 17.7 Å². The molecule has 1 N–H and O–H groups in total. The molecule has 0 bridgehead atoms. The van der Waals surface area contributed by atoms with E-state index >= 15 is 0 Å². The summed E-state index contributed by atoms with van der Waals surface area (Å²) in [6.07, 6.45) is -4.51. The van der Waals surface area contributed by atoms with Gasteiger partial charge in [-0.05, 0) is 11.6 Å². The number of halogens is 3. The average molecular weight is 230 g/mol. The third kappa shape index (κ3) is 3.12. The van der Waals surface area contributed by atoms with Gasteiger partial charge in [-0.1, -0.05) is 24.8 Å². The van der Waals surface area contributed by atoms with Gasteiger partial charge in [0.2, 0.25) is 0 Å². The monoisotopic (exact) mass is 230 g/mol. The van der Waals surface area contributed by atoms with E-state index in [9.17, 15) is 18.0 Å². The molecule has 0 aliphatic heterocycles. The van der Waals surface area contributed by atoms with E-state index in [2.05, 4.69) is 6.58 Å². The summed E-state index contributed by atoms with van der Waals surface area (Å²) in [5, 5.41) is 8.55. The second-order valence-electron chi connectivity index (χ2n) is 3.28. The van der Waals surface area contributed by atoms with Crippen molar-refractivity contribution in [3.63, 3.8) is 0 Å². The second kappa shape index (κ2) is 4.38. The summed E-state index contributed by atoms with van der Waals surface area (Å²) >= 11 is 0. The summed E-state index contributed by atoms with van der Waals surface area (Å²) in [5.41, 5.74) is -0.648. The van der Waals surface area contributed by atoms with Gasteiger partial charge < -0.3 is 5.11 Å². The summed E-state index contributed by atoms with van der Waals surface area (Å²) in [6.45, 7) is 3.26. The number of benzene rings is 1. The molecule has 16 heavy (non-hydrogen) atoms. The highest BCUT2D eigenvalue weighted by Crippen LogP contribution is 2.29. The molecular weight excluding hydrogens is 221 g/mol. The lowest BCUT2D eigenvalue weighted by Crippen LogP contribution is -2.07. The number of rotatable bonds is 3. The molecule has 0 spiro atoms. The molecule has 0 amide bonds. The fraction of sp³-hybridized carbons (Fsp3) is 0.182. The van der Waals surface area contributed by atoms with E-state index in [0.717, 1.165) is 12.1 Å². The van der Waals surface area contributed by atoms with Crippen molar-refractivity contribution in [2.45, 2.75) is 12.6 Å². The maximum absolute atomic E-state index is 12.3. The molecule has 2 nitrogen and oxygen atoms in total. The Morgan fingerprint density at radius 3 is 2.50 bits per heavy atom. The lowest BCUT2D eigenvalue weighted by molar-refractivity contribution is -0.137. The van der Waals surface area contributed by atoms with Crippen LogP contribution in [0.5, 0.6) is 0 Å². The van der Waals surface area contributed by atoms with Crippen LogP contribution in [-0.4, -0.2) is 11.1 Å². The van der Waals surface area contributed by atoms with E-state index in [1.807, 2.05) is 0 Å². The Hall–Kier alpha value is -1.78. The molecule has 0 aliphatic carbocycles. The third-order valence-electron chi connectivity index (χ3n) is 1.97. The minimum absolute atomic E-state index is 0.0980. The van der Waals surface area contributed by atoms with Crippen molar-refractivity contribution in [2.24, 2.45) is 0 Å². The molecule has 0 unspecified atom stereocenters. The van der Waals surface area contributed by atoms with Gasteiger partial charge in [0.15, 0.2) is 0 Å². The zero-order chi connectivity index (χ0) is 12.3. The predicted octanol–water partition coefficient (Wildman–Crippen LogP) is 2.89. The second-order valence-corrected chi connectivity index (χ2v) is 3.28. The van der Waals surface area contributed by atoms with E-state index in [0.29, 0.717) is 0 Å². The third-order valence-corrected chi connectivity index (χ3v) is 1.97. The molecule has 0 aliphatic rings. The number of hydrogen-bond acceptors (Lipinski definition) is 1. The summed E-state index contributed by atoms with van der Waals surface area (Å²) in [5.74, 6) is -1.21. The van der Waals surface area contributed by atoms with Gasteiger partial charge in [0.05, 0.1) is 5.56 Å². The lowest BCUT2D eigenvalue weighted by Gasteiger charge is -2.08. The van der Waals surface area contributed by atoms with Crippen molar-refractivity contribution >= 4 is 5.97 Å². The molecular formula is C11H9F3O2. The van der Waals surface area contributed by atoms with Gasteiger partial charge in [0, 0.05) is 12.0 Å². The van der Waals surface area contributed by atoms with Crippen LogP contribution in [0.15, 0.2) is 36.4 Å². The van der Waals surface area contributed by atoms with E-state index in [1.165, 1.54) is 12.1 Å². The van der Waals surface area contributed by atoms with Crippen molar-refractivity contribution in [3.8, 4) is 0 Å². The molecule has 0 fully saturated rings. The van der Waals surface area contributed by atoms with E-state index in [1.54, 1.807) is 0 Å². The Kier molecular flexibility index (Phi) is 3.37. The summed E-state index contributed by atoms with van der Waals surface area (Å²) in [7, 11) is 0. The van der Waals surface area contributed by atoms with Crippen LogP contribution in [0.4, 0.5) is 13.2 Å². The van der Waals surface area contributed by atoms with Crippen LogP contribution < -0.4 is 0 Å². The molecule has 0 saturated carbocycles. The van der Waals surface area contributed by atoms with Crippen molar-refractivity contribution in [1.82, 2.24) is 0 Å². The smallest absolute Gasteiger partial charge is 0.416 e. The molecule has 0 atom stereocenters. The first-order valence-corrected chi connectivity index (χ1v) is 4.38. The standard InChI is InChI=1S/C11H9F3O2/c1-7(10(15)16)5-8-3-2-4-9(6-8)11(12,13)14/h2-4,6H,1,5H2,(H,15,16). The summed E-state index contributed by atoms with van der Waals surface area (Å²) in [6, 6.07) is 4.54. The fourth-order valence-corrected chi connectivity index (χ4v) is 1.18. The van der Waals surface area contributed by atoms with Gasteiger partial charge in [-0.3, -0.25) is 0 Å². The van der Waals surface area contributed by atoms with Gasteiger partial charge >= 0.3 is 12.1 Å². The molecule has 0 heterocycles. The fourth-order valence-electron chi connectivity index (χ4n) is 1.18.